The Bertz CT molecular complexity index is 720. The minimum absolute atomic E-state index is 0. The summed E-state index contributed by atoms with van der Waals surface area (Å²) in [7, 11) is 3.97. The molecule has 1 N–H and O–H groups in total. The van der Waals surface area contributed by atoms with Gasteiger partial charge in [0, 0.05) is 38.7 Å². The summed E-state index contributed by atoms with van der Waals surface area (Å²) in [4.78, 5) is 8.01. The maximum Gasteiger partial charge on any atom is 0.194 e. The Kier molecular flexibility index (Phi) is 11.2. The van der Waals surface area contributed by atoms with Gasteiger partial charge in [-0.15, -0.1) is 45.5 Å². The lowest BCUT2D eigenvalue weighted by molar-refractivity contribution is 0.145. The Labute approximate surface area is 187 Å². The van der Waals surface area contributed by atoms with Crippen LogP contribution in [-0.4, -0.2) is 52.4 Å². The molecule has 0 fully saturated rings. The Morgan fingerprint density at radius 3 is 2.78 bits per heavy atom. The van der Waals surface area contributed by atoms with E-state index >= 15 is 0 Å². The van der Waals surface area contributed by atoms with Gasteiger partial charge in [-0.05, 0) is 32.4 Å². The zero-order chi connectivity index (χ0) is 18.9. The third-order valence-corrected chi connectivity index (χ3v) is 5.11. The van der Waals surface area contributed by atoms with E-state index in [1.807, 2.05) is 44.6 Å². The smallest absolute Gasteiger partial charge is 0.194 e. The zero-order valence-electron chi connectivity index (χ0n) is 16.2. The summed E-state index contributed by atoms with van der Waals surface area (Å²) < 4.78 is 8.14. The van der Waals surface area contributed by atoms with Crippen molar-refractivity contribution in [1.29, 1.82) is 0 Å². The van der Waals surface area contributed by atoms with Gasteiger partial charge in [-0.25, -0.2) is 4.99 Å². The number of halogens is 2. The number of hydrogen-bond donors (Lipinski definition) is 1. The largest absolute Gasteiger partial charge is 0.382 e. The molecule has 0 spiro atoms. The monoisotopic (exact) mass is 526 g/mol. The minimum Gasteiger partial charge on any atom is -0.382 e. The molecule has 27 heavy (non-hydrogen) atoms. The van der Waals surface area contributed by atoms with E-state index in [2.05, 4.69) is 20.4 Å². The molecule has 0 unspecified atom stereocenters. The van der Waals surface area contributed by atoms with Crippen LogP contribution in [0.5, 0.6) is 0 Å². The van der Waals surface area contributed by atoms with Crippen molar-refractivity contribution in [3.63, 3.8) is 0 Å². The normalized spacial score (nSPS) is 11.4. The second kappa shape index (κ2) is 12.5. The fourth-order valence-electron chi connectivity index (χ4n) is 2.31. The summed E-state index contributed by atoms with van der Waals surface area (Å²) in [5.74, 6) is 2.54. The molecule has 2 aromatic heterocycles. The molecule has 2 rings (SSSR count). The van der Waals surface area contributed by atoms with Gasteiger partial charge in [0.05, 0.1) is 10.9 Å². The third-order valence-electron chi connectivity index (χ3n) is 3.89. The first-order chi connectivity index (χ1) is 12.5. The lowest BCUT2D eigenvalue weighted by atomic mass is 10.4. The second-order valence-electron chi connectivity index (χ2n) is 5.90. The Morgan fingerprint density at radius 1 is 1.41 bits per heavy atom. The molecule has 0 aliphatic rings. The van der Waals surface area contributed by atoms with Crippen molar-refractivity contribution < 1.29 is 4.74 Å². The highest BCUT2D eigenvalue weighted by Gasteiger charge is 2.10. The number of nitrogens with one attached hydrogen (secondary N) is 1. The van der Waals surface area contributed by atoms with E-state index in [9.17, 15) is 0 Å². The van der Waals surface area contributed by atoms with Gasteiger partial charge in [-0.1, -0.05) is 11.6 Å². The summed E-state index contributed by atoms with van der Waals surface area (Å²) in [6.07, 6.45) is 0.925. The number of guanidine groups is 1. The van der Waals surface area contributed by atoms with Crippen molar-refractivity contribution >= 4 is 52.9 Å². The fourth-order valence-corrected chi connectivity index (χ4v) is 3.45. The number of hydrogen-bond acceptors (Lipinski definition) is 5. The first kappa shape index (κ1) is 24.1. The molecule has 7 nitrogen and oxygen atoms in total. The summed E-state index contributed by atoms with van der Waals surface area (Å²) in [5, 5.41) is 11.7. The summed E-state index contributed by atoms with van der Waals surface area (Å²) >= 11 is 7.62. The first-order valence-electron chi connectivity index (χ1n) is 8.67. The minimum atomic E-state index is 0. The lowest BCUT2D eigenvalue weighted by Crippen LogP contribution is -2.39. The van der Waals surface area contributed by atoms with Crippen LogP contribution in [0.4, 0.5) is 0 Å². The van der Waals surface area contributed by atoms with Gasteiger partial charge in [0.2, 0.25) is 0 Å². The molecular formula is C17H28ClIN6OS. The molecule has 10 heteroatoms. The number of aromatic nitrogens is 3. The highest BCUT2D eigenvalue weighted by Crippen LogP contribution is 2.22. The molecule has 0 aliphatic carbocycles. The number of aliphatic imine (C=N–C) groups is 1. The standard InChI is InChI=1S/C17H27ClN6OS.HI/c1-5-25-10-6-9-19-17(20-11-16-22-21-13(2)24(16)4)23(3)12-14-7-8-15(18)26-14;/h7-8H,5-6,9-12H2,1-4H3,(H,19,20);1H. The van der Waals surface area contributed by atoms with Gasteiger partial charge in [0.25, 0.3) is 0 Å². The lowest BCUT2D eigenvalue weighted by Gasteiger charge is -2.22. The number of thiophene rings is 1. The van der Waals surface area contributed by atoms with Gasteiger partial charge in [-0.2, -0.15) is 0 Å². The van der Waals surface area contributed by atoms with Gasteiger partial charge in [0.1, 0.15) is 12.4 Å². The van der Waals surface area contributed by atoms with Crippen molar-refractivity contribution in [3.8, 4) is 0 Å². The predicted molar refractivity (Wildman–Crippen MR) is 122 cm³/mol. The third kappa shape index (κ3) is 7.92. The molecule has 2 aromatic rings. The summed E-state index contributed by atoms with van der Waals surface area (Å²) in [5.41, 5.74) is 0. The number of nitrogens with zero attached hydrogens (tertiary/aromatic N) is 5. The van der Waals surface area contributed by atoms with Crippen LogP contribution in [-0.2, 0) is 24.9 Å². The van der Waals surface area contributed by atoms with E-state index in [4.69, 9.17) is 21.3 Å². The molecule has 0 aliphatic heterocycles. The van der Waals surface area contributed by atoms with Gasteiger partial charge < -0.3 is 19.5 Å². The molecular weight excluding hydrogens is 499 g/mol. The van der Waals surface area contributed by atoms with Gasteiger partial charge >= 0.3 is 0 Å². The number of aryl methyl sites for hydroxylation is 1. The number of rotatable bonds is 9. The molecule has 0 bridgehead atoms. The molecule has 0 radical (unpaired) electrons. The maximum absolute atomic E-state index is 6.04. The zero-order valence-corrected chi connectivity index (χ0v) is 20.1. The quantitative estimate of drug-likeness (QED) is 0.235. The Balaban J connectivity index is 0.00000364. The van der Waals surface area contributed by atoms with Crippen molar-refractivity contribution in [1.82, 2.24) is 25.0 Å². The van der Waals surface area contributed by atoms with E-state index < -0.39 is 0 Å². The van der Waals surface area contributed by atoms with E-state index in [-0.39, 0.29) is 24.0 Å². The maximum atomic E-state index is 6.04. The van der Waals surface area contributed by atoms with Crippen LogP contribution in [0.2, 0.25) is 4.34 Å². The Hall–Kier alpha value is -0.910. The average Bonchev–Trinajstić information content (AvgIpc) is 3.16. The van der Waals surface area contributed by atoms with E-state index in [1.165, 1.54) is 4.88 Å². The van der Waals surface area contributed by atoms with Crippen LogP contribution in [0.15, 0.2) is 17.1 Å². The van der Waals surface area contributed by atoms with E-state index in [0.29, 0.717) is 6.54 Å². The number of ether oxygens (including phenoxy) is 1. The fraction of sp³-hybridized carbons (Fsp3) is 0.588. The predicted octanol–water partition coefficient (Wildman–Crippen LogP) is 3.46. The molecule has 0 aromatic carbocycles. The van der Waals surface area contributed by atoms with Crippen molar-refractivity contribution in [2.45, 2.75) is 33.4 Å². The van der Waals surface area contributed by atoms with E-state index in [0.717, 1.165) is 54.7 Å². The van der Waals surface area contributed by atoms with Crippen LogP contribution in [0, 0.1) is 6.92 Å². The molecule has 152 valence electrons. The van der Waals surface area contributed by atoms with Crippen LogP contribution in [0.1, 0.15) is 29.9 Å². The van der Waals surface area contributed by atoms with Crippen LogP contribution < -0.4 is 5.32 Å². The second-order valence-corrected chi connectivity index (χ2v) is 7.70. The van der Waals surface area contributed by atoms with E-state index in [1.54, 1.807) is 11.3 Å². The SMILES string of the molecule is CCOCCCNC(=NCc1nnc(C)n1C)N(C)Cc1ccc(Cl)s1.I. The summed E-state index contributed by atoms with van der Waals surface area (Å²) in [6, 6.07) is 3.96. The van der Waals surface area contributed by atoms with Crippen LogP contribution in [0.3, 0.4) is 0 Å². The topological polar surface area (TPSA) is 67.6 Å². The van der Waals surface area contributed by atoms with Gasteiger partial charge in [0.15, 0.2) is 11.8 Å². The van der Waals surface area contributed by atoms with Crippen molar-refractivity contribution in [3.05, 3.63) is 33.0 Å². The van der Waals surface area contributed by atoms with Crippen molar-refractivity contribution in [2.24, 2.45) is 12.0 Å². The molecule has 0 atom stereocenters. The molecule has 2 heterocycles. The van der Waals surface area contributed by atoms with Crippen molar-refractivity contribution in [2.75, 3.05) is 26.8 Å². The summed E-state index contributed by atoms with van der Waals surface area (Å²) in [6.45, 7) is 7.43. The molecule has 0 saturated carbocycles. The Morgan fingerprint density at radius 2 is 2.19 bits per heavy atom. The van der Waals surface area contributed by atoms with Crippen LogP contribution >= 0.6 is 46.9 Å². The molecule has 0 amide bonds. The first-order valence-corrected chi connectivity index (χ1v) is 9.87. The average molecular weight is 527 g/mol. The van der Waals surface area contributed by atoms with Gasteiger partial charge in [-0.3, -0.25) is 0 Å². The highest BCUT2D eigenvalue weighted by molar-refractivity contribution is 14.0. The van der Waals surface area contributed by atoms with Crippen LogP contribution in [0.25, 0.3) is 0 Å². The molecule has 0 saturated heterocycles. The highest BCUT2D eigenvalue weighted by atomic mass is 127.